The maximum Gasteiger partial charge on any atom is 0.342 e. The fraction of sp³-hybridized carbons (Fsp3) is 0.615. The molecule has 1 atom stereocenters. The second kappa shape index (κ2) is 6.36. The molecule has 2 rings (SSSR count). The molecule has 106 valence electrons. The molecule has 0 bridgehead atoms. The van der Waals surface area contributed by atoms with Gasteiger partial charge in [0.05, 0.1) is 18.8 Å². The van der Waals surface area contributed by atoms with Crippen molar-refractivity contribution in [3.05, 3.63) is 17.0 Å². The van der Waals surface area contributed by atoms with E-state index in [2.05, 4.69) is 10.4 Å². The van der Waals surface area contributed by atoms with Crippen LogP contribution in [0.25, 0.3) is 0 Å². The number of hydrogen-bond acceptors (Lipinski definition) is 4. The molecular weight excluding hydrogens is 246 g/mol. The molecule has 1 unspecified atom stereocenters. The maximum absolute atomic E-state index is 11.9. The molecule has 6 nitrogen and oxygen atoms in total. The molecule has 0 saturated heterocycles. The lowest BCUT2D eigenvalue weighted by atomic mass is 10.1. The summed E-state index contributed by atoms with van der Waals surface area (Å²) in [6.45, 7) is 10.2. The SMILES string of the molecule is CC.CCOC(=O)c1c(C)nn2c1C(=O)NC(C)C2. The monoisotopic (exact) mass is 267 g/mol. The highest BCUT2D eigenvalue weighted by molar-refractivity contribution is 6.05. The van der Waals surface area contributed by atoms with Crippen LogP contribution in [-0.2, 0) is 11.3 Å². The zero-order valence-corrected chi connectivity index (χ0v) is 12.1. The molecule has 19 heavy (non-hydrogen) atoms. The van der Waals surface area contributed by atoms with Crippen molar-refractivity contribution in [2.24, 2.45) is 0 Å². The molecule has 1 aromatic heterocycles. The van der Waals surface area contributed by atoms with Gasteiger partial charge in [-0.3, -0.25) is 9.48 Å². The zero-order valence-electron chi connectivity index (χ0n) is 12.1. The van der Waals surface area contributed by atoms with Crippen molar-refractivity contribution in [3.8, 4) is 0 Å². The van der Waals surface area contributed by atoms with Gasteiger partial charge in [0.2, 0.25) is 0 Å². The van der Waals surface area contributed by atoms with Crippen molar-refractivity contribution in [3.63, 3.8) is 0 Å². The molecule has 6 heteroatoms. The fourth-order valence-corrected chi connectivity index (χ4v) is 1.99. The molecule has 1 amide bonds. The van der Waals surface area contributed by atoms with Gasteiger partial charge in [-0.2, -0.15) is 5.10 Å². The minimum absolute atomic E-state index is 0.0179. The average molecular weight is 267 g/mol. The van der Waals surface area contributed by atoms with Gasteiger partial charge in [0.15, 0.2) is 0 Å². The largest absolute Gasteiger partial charge is 0.462 e. The number of fused-ring (bicyclic) bond motifs is 1. The Morgan fingerprint density at radius 2 is 2.16 bits per heavy atom. The molecule has 2 heterocycles. The van der Waals surface area contributed by atoms with E-state index in [1.54, 1.807) is 18.5 Å². The van der Waals surface area contributed by atoms with Crippen LogP contribution in [0.4, 0.5) is 0 Å². The van der Waals surface area contributed by atoms with Crippen molar-refractivity contribution in [1.29, 1.82) is 0 Å². The van der Waals surface area contributed by atoms with E-state index >= 15 is 0 Å². The van der Waals surface area contributed by atoms with E-state index in [1.165, 1.54) is 0 Å². The third-order valence-corrected chi connectivity index (χ3v) is 2.65. The second-order valence-electron chi connectivity index (χ2n) is 4.09. The van der Waals surface area contributed by atoms with E-state index in [4.69, 9.17) is 4.74 Å². The standard InChI is InChI=1S/C11H15N3O3.C2H6/c1-4-17-11(16)8-7(3)13-14-5-6(2)12-10(15)9(8)14;1-2/h6H,4-5H2,1-3H3,(H,12,15);1-2H3. The number of carbonyl (C=O) groups is 2. The third kappa shape index (κ3) is 2.94. The normalized spacial score (nSPS) is 16.9. The van der Waals surface area contributed by atoms with E-state index in [0.717, 1.165) is 0 Å². The van der Waals surface area contributed by atoms with Crippen LogP contribution in [0, 0.1) is 6.92 Å². The van der Waals surface area contributed by atoms with Crippen LogP contribution >= 0.6 is 0 Å². The molecule has 0 aliphatic carbocycles. The molecule has 0 saturated carbocycles. The van der Waals surface area contributed by atoms with E-state index in [1.807, 2.05) is 20.8 Å². The first-order chi connectivity index (χ1) is 9.04. The summed E-state index contributed by atoms with van der Waals surface area (Å²) in [7, 11) is 0. The summed E-state index contributed by atoms with van der Waals surface area (Å²) >= 11 is 0. The summed E-state index contributed by atoms with van der Waals surface area (Å²) in [5.41, 5.74) is 1.11. The maximum atomic E-state index is 11.9. The number of ether oxygens (including phenoxy) is 1. The first kappa shape index (κ1) is 15.2. The van der Waals surface area contributed by atoms with Gasteiger partial charge in [-0.05, 0) is 20.8 Å². The lowest BCUT2D eigenvalue weighted by Crippen LogP contribution is -2.43. The summed E-state index contributed by atoms with van der Waals surface area (Å²) in [6, 6.07) is 0.0179. The highest BCUT2D eigenvalue weighted by Gasteiger charge is 2.31. The third-order valence-electron chi connectivity index (χ3n) is 2.65. The van der Waals surface area contributed by atoms with E-state index < -0.39 is 5.97 Å². The number of esters is 1. The second-order valence-corrected chi connectivity index (χ2v) is 4.09. The van der Waals surface area contributed by atoms with Gasteiger partial charge < -0.3 is 10.1 Å². The Morgan fingerprint density at radius 1 is 1.53 bits per heavy atom. The van der Waals surface area contributed by atoms with Crippen LogP contribution in [0.2, 0.25) is 0 Å². The number of rotatable bonds is 2. The Kier molecular flexibility index (Phi) is 5.09. The van der Waals surface area contributed by atoms with Gasteiger partial charge in [0.1, 0.15) is 11.3 Å². The summed E-state index contributed by atoms with van der Waals surface area (Å²) in [4.78, 5) is 23.6. The number of nitrogens with one attached hydrogen (secondary N) is 1. The van der Waals surface area contributed by atoms with E-state index in [9.17, 15) is 9.59 Å². The van der Waals surface area contributed by atoms with Crippen molar-refractivity contribution in [2.45, 2.75) is 47.2 Å². The first-order valence-electron chi connectivity index (χ1n) is 6.60. The van der Waals surface area contributed by atoms with E-state index in [0.29, 0.717) is 17.9 Å². The van der Waals surface area contributed by atoms with Crippen molar-refractivity contribution >= 4 is 11.9 Å². The predicted molar refractivity (Wildman–Crippen MR) is 71.2 cm³/mol. The molecule has 0 radical (unpaired) electrons. The van der Waals surface area contributed by atoms with E-state index in [-0.39, 0.29) is 24.1 Å². The topological polar surface area (TPSA) is 73.2 Å². The molecule has 0 aromatic carbocycles. The average Bonchev–Trinajstić information content (AvgIpc) is 2.68. The summed E-state index contributed by atoms with van der Waals surface area (Å²) in [5, 5.41) is 6.99. The van der Waals surface area contributed by atoms with Gasteiger partial charge in [-0.15, -0.1) is 0 Å². The number of aryl methyl sites for hydroxylation is 1. The fourth-order valence-electron chi connectivity index (χ4n) is 1.99. The summed E-state index contributed by atoms with van der Waals surface area (Å²) in [6.07, 6.45) is 0. The predicted octanol–water partition coefficient (Wildman–Crippen LogP) is 1.53. The smallest absolute Gasteiger partial charge is 0.342 e. The van der Waals surface area contributed by atoms with Gasteiger partial charge in [-0.25, -0.2) is 4.79 Å². The van der Waals surface area contributed by atoms with Crippen LogP contribution in [0.3, 0.4) is 0 Å². The molecule has 1 aliphatic heterocycles. The molecule has 0 fully saturated rings. The number of amides is 1. The van der Waals surface area contributed by atoms with Crippen molar-refractivity contribution < 1.29 is 14.3 Å². The van der Waals surface area contributed by atoms with Crippen LogP contribution in [0.15, 0.2) is 0 Å². The quantitative estimate of drug-likeness (QED) is 0.825. The first-order valence-corrected chi connectivity index (χ1v) is 6.60. The van der Waals surface area contributed by atoms with Crippen LogP contribution in [0.1, 0.15) is 54.2 Å². The Labute approximate surface area is 113 Å². The number of nitrogens with zero attached hydrogens (tertiary/aromatic N) is 2. The lowest BCUT2D eigenvalue weighted by Gasteiger charge is -2.21. The van der Waals surface area contributed by atoms with Crippen molar-refractivity contribution in [2.75, 3.05) is 6.61 Å². The minimum atomic E-state index is -0.490. The van der Waals surface area contributed by atoms with Gasteiger partial charge in [0, 0.05) is 6.04 Å². The van der Waals surface area contributed by atoms with Crippen LogP contribution < -0.4 is 5.32 Å². The zero-order chi connectivity index (χ0) is 14.6. The Hall–Kier alpha value is -1.85. The Bertz CT molecular complexity index is 480. The molecule has 1 aromatic rings. The van der Waals surface area contributed by atoms with Crippen molar-refractivity contribution in [1.82, 2.24) is 15.1 Å². The number of carbonyl (C=O) groups excluding carboxylic acids is 2. The Morgan fingerprint density at radius 3 is 2.74 bits per heavy atom. The number of aromatic nitrogens is 2. The molecule has 1 N–H and O–H groups in total. The number of hydrogen-bond donors (Lipinski definition) is 1. The van der Waals surface area contributed by atoms with Gasteiger partial charge in [0.25, 0.3) is 5.91 Å². The van der Waals surface area contributed by atoms with Gasteiger partial charge in [-0.1, -0.05) is 13.8 Å². The highest BCUT2D eigenvalue weighted by Crippen LogP contribution is 2.18. The molecular formula is C13H21N3O3. The minimum Gasteiger partial charge on any atom is -0.462 e. The highest BCUT2D eigenvalue weighted by atomic mass is 16.5. The lowest BCUT2D eigenvalue weighted by molar-refractivity contribution is 0.0520. The summed E-state index contributed by atoms with van der Waals surface area (Å²) < 4.78 is 6.51. The molecule has 0 spiro atoms. The molecule has 1 aliphatic rings. The van der Waals surface area contributed by atoms with Gasteiger partial charge >= 0.3 is 5.97 Å². The van der Waals surface area contributed by atoms with Crippen LogP contribution in [0.5, 0.6) is 0 Å². The summed E-state index contributed by atoms with van der Waals surface area (Å²) in [5.74, 6) is -0.761. The van der Waals surface area contributed by atoms with Crippen LogP contribution in [-0.4, -0.2) is 34.3 Å². The Balaban J connectivity index is 0.000000861.